The molecule has 0 amide bonds. The predicted molar refractivity (Wildman–Crippen MR) is 61.3 cm³/mol. The third kappa shape index (κ3) is 3.63. The number of hydrogen-bond acceptors (Lipinski definition) is 2. The average Bonchev–Trinajstić information content (AvgIpc) is 2.99. The van der Waals surface area contributed by atoms with Crippen molar-refractivity contribution in [3.8, 4) is 0 Å². The van der Waals surface area contributed by atoms with Crippen LogP contribution in [0.5, 0.6) is 0 Å². The lowest BCUT2D eigenvalue weighted by molar-refractivity contribution is 0.115. The SMILES string of the molecule is Clc1cc(Cl)c(COCCC2CC2)cn1. The summed E-state index contributed by atoms with van der Waals surface area (Å²) in [6.07, 6.45) is 5.57. The van der Waals surface area contributed by atoms with E-state index in [1.165, 1.54) is 19.3 Å². The summed E-state index contributed by atoms with van der Waals surface area (Å²) in [5, 5.41) is 1.04. The molecule has 15 heavy (non-hydrogen) atoms. The summed E-state index contributed by atoms with van der Waals surface area (Å²) in [5.41, 5.74) is 0.900. The van der Waals surface area contributed by atoms with Gasteiger partial charge in [0.15, 0.2) is 0 Å². The Balaban J connectivity index is 1.76. The number of aromatic nitrogens is 1. The van der Waals surface area contributed by atoms with Gasteiger partial charge in [-0.3, -0.25) is 0 Å². The van der Waals surface area contributed by atoms with Gasteiger partial charge in [-0.2, -0.15) is 0 Å². The van der Waals surface area contributed by atoms with Gasteiger partial charge < -0.3 is 4.74 Å². The van der Waals surface area contributed by atoms with E-state index in [1.807, 2.05) is 0 Å². The molecule has 2 nitrogen and oxygen atoms in total. The lowest BCUT2D eigenvalue weighted by atomic mass is 10.3. The first-order valence-corrected chi connectivity index (χ1v) is 5.89. The van der Waals surface area contributed by atoms with Gasteiger partial charge in [-0.25, -0.2) is 4.98 Å². The Hall–Kier alpha value is -0.310. The first-order valence-electron chi connectivity index (χ1n) is 5.13. The van der Waals surface area contributed by atoms with Crippen molar-refractivity contribution >= 4 is 23.2 Å². The number of halogens is 2. The van der Waals surface area contributed by atoms with Crippen molar-refractivity contribution in [1.29, 1.82) is 0 Å². The molecule has 0 spiro atoms. The van der Waals surface area contributed by atoms with Gasteiger partial charge in [0.2, 0.25) is 0 Å². The van der Waals surface area contributed by atoms with Crippen molar-refractivity contribution < 1.29 is 4.74 Å². The molecule has 82 valence electrons. The summed E-state index contributed by atoms with van der Waals surface area (Å²) in [5.74, 6) is 0.906. The summed E-state index contributed by atoms with van der Waals surface area (Å²) < 4.78 is 5.52. The van der Waals surface area contributed by atoms with E-state index in [1.54, 1.807) is 12.3 Å². The van der Waals surface area contributed by atoms with Crippen molar-refractivity contribution in [3.63, 3.8) is 0 Å². The van der Waals surface area contributed by atoms with E-state index in [4.69, 9.17) is 27.9 Å². The Morgan fingerprint density at radius 3 is 2.87 bits per heavy atom. The second kappa shape index (κ2) is 5.15. The van der Waals surface area contributed by atoms with Crippen LogP contribution in [0.25, 0.3) is 0 Å². The van der Waals surface area contributed by atoms with Crippen molar-refractivity contribution in [2.24, 2.45) is 5.92 Å². The topological polar surface area (TPSA) is 22.1 Å². The van der Waals surface area contributed by atoms with Crippen LogP contribution in [0.2, 0.25) is 10.2 Å². The van der Waals surface area contributed by atoms with E-state index in [-0.39, 0.29) is 0 Å². The third-order valence-electron chi connectivity index (χ3n) is 2.52. The fourth-order valence-electron chi connectivity index (χ4n) is 1.38. The molecule has 1 aromatic rings. The van der Waals surface area contributed by atoms with E-state index in [0.29, 0.717) is 16.8 Å². The first-order chi connectivity index (χ1) is 7.25. The van der Waals surface area contributed by atoms with Crippen LogP contribution in [0.3, 0.4) is 0 Å². The van der Waals surface area contributed by atoms with Crippen molar-refractivity contribution in [2.45, 2.75) is 25.9 Å². The molecule has 0 bridgehead atoms. The van der Waals surface area contributed by atoms with Gasteiger partial charge in [-0.15, -0.1) is 0 Å². The molecule has 4 heteroatoms. The van der Waals surface area contributed by atoms with E-state index >= 15 is 0 Å². The minimum absolute atomic E-state index is 0.418. The van der Waals surface area contributed by atoms with E-state index in [9.17, 15) is 0 Å². The van der Waals surface area contributed by atoms with Gasteiger partial charge in [0.25, 0.3) is 0 Å². The van der Waals surface area contributed by atoms with Crippen molar-refractivity contribution in [2.75, 3.05) is 6.61 Å². The summed E-state index contributed by atoms with van der Waals surface area (Å²) in [6, 6.07) is 1.64. The number of ether oxygens (including phenoxy) is 1. The Labute approximate surface area is 99.6 Å². The quantitative estimate of drug-likeness (QED) is 0.583. The normalized spacial score (nSPS) is 15.6. The molecule has 0 atom stereocenters. The van der Waals surface area contributed by atoms with Gasteiger partial charge >= 0.3 is 0 Å². The van der Waals surface area contributed by atoms with Gasteiger partial charge in [0.1, 0.15) is 5.15 Å². The Kier molecular flexibility index (Phi) is 3.84. The van der Waals surface area contributed by atoms with Crippen LogP contribution < -0.4 is 0 Å². The number of pyridine rings is 1. The zero-order chi connectivity index (χ0) is 10.7. The molecule has 0 aromatic carbocycles. The molecule has 0 saturated heterocycles. The Bertz CT molecular complexity index is 339. The standard InChI is InChI=1S/C11H13Cl2NO/c12-10-5-11(13)14-6-9(10)7-15-4-3-8-1-2-8/h5-6,8H,1-4,7H2. The van der Waals surface area contributed by atoms with Crippen LogP contribution in [0.15, 0.2) is 12.3 Å². The number of rotatable bonds is 5. The Morgan fingerprint density at radius 2 is 2.20 bits per heavy atom. The molecule has 1 aromatic heterocycles. The summed E-state index contributed by atoms with van der Waals surface area (Å²) in [7, 11) is 0. The molecule has 1 aliphatic carbocycles. The molecule has 1 aliphatic rings. The first kappa shape index (κ1) is 11.2. The fourth-order valence-corrected chi connectivity index (χ4v) is 1.80. The molecular formula is C11H13Cl2NO. The highest BCUT2D eigenvalue weighted by Gasteiger charge is 2.20. The minimum atomic E-state index is 0.418. The molecule has 0 N–H and O–H groups in total. The maximum absolute atomic E-state index is 5.98. The summed E-state index contributed by atoms with van der Waals surface area (Å²) >= 11 is 11.7. The molecule has 1 saturated carbocycles. The molecular weight excluding hydrogens is 233 g/mol. The number of hydrogen-bond donors (Lipinski definition) is 0. The highest BCUT2D eigenvalue weighted by Crippen LogP contribution is 2.32. The average molecular weight is 246 g/mol. The highest BCUT2D eigenvalue weighted by atomic mass is 35.5. The smallest absolute Gasteiger partial charge is 0.130 e. The van der Waals surface area contributed by atoms with Crippen LogP contribution in [-0.2, 0) is 11.3 Å². The summed E-state index contributed by atoms with van der Waals surface area (Å²) in [4.78, 5) is 3.97. The van der Waals surface area contributed by atoms with Crippen LogP contribution >= 0.6 is 23.2 Å². The Morgan fingerprint density at radius 1 is 1.40 bits per heavy atom. The van der Waals surface area contributed by atoms with Crippen molar-refractivity contribution in [1.82, 2.24) is 4.98 Å². The lowest BCUT2D eigenvalue weighted by Crippen LogP contribution is -1.97. The van der Waals surface area contributed by atoms with Gasteiger partial charge in [0.05, 0.1) is 11.6 Å². The molecule has 1 heterocycles. The minimum Gasteiger partial charge on any atom is -0.377 e. The number of nitrogens with zero attached hydrogens (tertiary/aromatic N) is 1. The fraction of sp³-hybridized carbons (Fsp3) is 0.545. The molecule has 0 radical (unpaired) electrons. The van der Waals surface area contributed by atoms with Crippen molar-refractivity contribution in [3.05, 3.63) is 28.0 Å². The van der Waals surface area contributed by atoms with Crippen LogP contribution in [0, 0.1) is 5.92 Å². The maximum atomic E-state index is 5.98. The zero-order valence-electron chi connectivity index (χ0n) is 8.38. The van der Waals surface area contributed by atoms with Crippen LogP contribution in [-0.4, -0.2) is 11.6 Å². The highest BCUT2D eigenvalue weighted by molar-refractivity contribution is 6.34. The van der Waals surface area contributed by atoms with Gasteiger partial charge in [-0.05, 0) is 18.4 Å². The molecule has 1 fully saturated rings. The van der Waals surface area contributed by atoms with Crippen LogP contribution in [0.4, 0.5) is 0 Å². The molecule has 2 rings (SSSR count). The van der Waals surface area contributed by atoms with Crippen LogP contribution in [0.1, 0.15) is 24.8 Å². The third-order valence-corrected chi connectivity index (χ3v) is 3.08. The second-order valence-corrected chi connectivity index (χ2v) is 4.68. The predicted octanol–water partition coefficient (Wildman–Crippen LogP) is 3.71. The van der Waals surface area contributed by atoms with Gasteiger partial charge in [0, 0.05) is 18.4 Å². The van der Waals surface area contributed by atoms with E-state index in [2.05, 4.69) is 4.98 Å². The maximum Gasteiger partial charge on any atom is 0.130 e. The largest absolute Gasteiger partial charge is 0.377 e. The molecule has 0 aliphatic heterocycles. The van der Waals surface area contributed by atoms with Gasteiger partial charge in [-0.1, -0.05) is 36.0 Å². The lowest BCUT2D eigenvalue weighted by Gasteiger charge is -2.05. The molecule has 0 unspecified atom stereocenters. The van der Waals surface area contributed by atoms with E-state index in [0.717, 1.165) is 18.1 Å². The zero-order valence-corrected chi connectivity index (χ0v) is 9.89. The second-order valence-electron chi connectivity index (χ2n) is 3.88. The van der Waals surface area contributed by atoms with E-state index < -0.39 is 0 Å². The summed E-state index contributed by atoms with van der Waals surface area (Å²) in [6.45, 7) is 1.33. The monoisotopic (exact) mass is 245 g/mol.